The summed E-state index contributed by atoms with van der Waals surface area (Å²) in [5.74, 6) is -0.334. The quantitative estimate of drug-likeness (QED) is 0.858. The first-order chi connectivity index (χ1) is 8.58. The SMILES string of the molecule is Cc1cccc(-n2ccnc2S[C@H](C)C(N)=O)c1. The Morgan fingerprint density at radius 3 is 2.94 bits per heavy atom. The fourth-order valence-electron chi connectivity index (χ4n) is 1.57. The minimum atomic E-state index is -0.334. The second-order valence-electron chi connectivity index (χ2n) is 4.08. The van der Waals surface area contributed by atoms with Gasteiger partial charge in [-0.25, -0.2) is 4.98 Å². The van der Waals surface area contributed by atoms with Crippen molar-refractivity contribution in [2.75, 3.05) is 0 Å². The first kappa shape index (κ1) is 12.7. The Labute approximate surface area is 110 Å². The molecular formula is C13H15N3OS. The Hall–Kier alpha value is -1.75. The average molecular weight is 261 g/mol. The topological polar surface area (TPSA) is 60.9 Å². The second kappa shape index (κ2) is 5.27. The highest BCUT2D eigenvalue weighted by atomic mass is 32.2. The molecule has 0 aliphatic rings. The summed E-state index contributed by atoms with van der Waals surface area (Å²) in [4.78, 5) is 15.4. The molecule has 2 N–H and O–H groups in total. The van der Waals surface area contributed by atoms with Gasteiger partial charge in [-0.05, 0) is 31.5 Å². The predicted molar refractivity (Wildman–Crippen MR) is 72.8 cm³/mol. The van der Waals surface area contributed by atoms with Crippen LogP contribution in [0, 0.1) is 6.92 Å². The molecule has 0 aliphatic carbocycles. The van der Waals surface area contributed by atoms with E-state index in [0.717, 1.165) is 10.8 Å². The molecule has 0 spiro atoms. The van der Waals surface area contributed by atoms with Crippen LogP contribution in [0.1, 0.15) is 12.5 Å². The number of amides is 1. The summed E-state index contributed by atoms with van der Waals surface area (Å²) in [5.41, 5.74) is 7.48. The number of aromatic nitrogens is 2. The van der Waals surface area contributed by atoms with E-state index in [1.807, 2.05) is 35.9 Å². The van der Waals surface area contributed by atoms with Gasteiger partial charge in [-0.15, -0.1) is 0 Å². The van der Waals surface area contributed by atoms with Crippen molar-refractivity contribution < 1.29 is 4.79 Å². The number of nitrogens with two attached hydrogens (primary N) is 1. The predicted octanol–water partition coefficient (Wildman–Crippen LogP) is 2.15. The van der Waals surface area contributed by atoms with Crippen molar-refractivity contribution in [3.05, 3.63) is 42.2 Å². The van der Waals surface area contributed by atoms with E-state index in [2.05, 4.69) is 11.1 Å². The Morgan fingerprint density at radius 2 is 2.28 bits per heavy atom. The molecule has 0 bridgehead atoms. The van der Waals surface area contributed by atoms with Crippen molar-refractivity contribution >= 4 is 17.7 Å². The molecule has 1 amide bonds. The first-order valence-corrected chi connectivity index (χ1v) is 6.52. The zero-order valence-corrected chi connectivity index (χ0v) is 11.1. The number of nitrogens with zero attached hydrogens (tertiary/aromatic N) is 2. The van der Waals surface area contributed by atoms with E-state index in [1.165, 1.54) is 17.3 Å². The van der Waals surface area contributed by atoms with Crippen LogP contribution in [-0.2, 0) is 4.79 Å². The van der Waals surface area contributed by atoms with Gasteiger partial charge in [0.15, 0.2) is 5.16 Å². The van der Waals surface area contributed by atoms with Gasteiger partial charge in [0.1, 0.15) is 0 Å². The number of primary amides is 1. The minimum absolute atomic E-state index is 0.295. The van der Waals surface area contributed by atoms with Gasteiger partial charge in [0.2, 0.25) is 5.91 Å². The minimum Gasteiger partial charge on any atom is -0.369 e. The molecule has 0 saturated carbocycles. The summed E-state index contributed by atoms with van der Waals surface area (Å²) < 4.78 is 1.96. The van der Waals surface area contributed by atoms with Crippen LogP contribution in [-0.4, -0.2) is 20.7 Å². The Kier molecular flexibility index (Phi) is 3.72. The van der Waals surface area contributed by atoms with E-state index in [4.69, 9.17) is 5.73 Å². The molecule has 5 heteroatoms. The van der Waals surface area contributed by atoms with Gasteiger partial charge in [-0.2, -0.15) is 0 Å². The molecule has 0 saturated heterocycles. The summed E-state index contributed by atoms with van der Waals surface area (Å²) >= 11 is 1.36. The summed E-state index contributed by atoms with van der Waals surface area (Å²) in [6, 6.07) is 8.12. The normalized spacial score (nSPS) is 12.3. The van der Waals surface area contributed by atoms with E-state index in [1.54, 1.807) is 13.1 Å². The molecule has 18 heavy (non-hydrogen) atoms. The van der Waals surface area contributed by atoms with Crippen LogP contribution in [0.3, 0.4) is 0 Å². The number of imidazole rings is 1. The number of aryl methyl sites for hydroxylation is 1. The van der Waals surface area contributed by atoms with Crippen molar-refractivity contribution in [2.24, 2.45) is 5.73 Å². The number of carbonyl (C=O) groups is 1. The second-order valence-corrected chi connectivity index (χ2v) is 5.39. The van der Waals surface area contributed by atoms with Crippen LogP contribution in [0.15, 0.2) is 41.8 Å². The third-order valence-electron chi connectivity index (χ3n) is 2.57. The summed E-state index contributed by atoms with van der Waals surface area (Å²) in [7, 11) is 0. The molecule has 94 valence electrons. The van der Waals surface area contributed by atoms with Gasteiger partial charge in [0.25, 0.3) is 0 Å². The standard InChI is InChI=1S/C13H15N3OS/c1-9-4-3-5-11(8-9)16-7-6-15-13(16)18-10(2)12(14)17/h3-8,10H,1-2H3,(H2,14,17)/t10-/m1/s1. The van der Waals surface area contributed by atoms with Crippen LogP contribution in [0.5, 0.6) is 0 Å². The third-order valence-corrected chi connectivity index (χ3v) is 3.67. The molecule has 4 nitrogen and oxygen atoms in total. The third kappa shape index (κ3) is 2.73. The Balaban J connectivity index is 2.30. The van der Waals surface area contributed by atoms with E-state index < -0.39 is 0 Å². The maximum absolute atomic E-state index is 11.1. The molecule has 0 aliphatic heterocycles. The van der Waals surface area contributed by atoms with Crippen molar-refractivity contribution in [3.63, 3.8) is 0 Å². The number of hydrogen-bond donors (Lipinski definition) is 1. The largest absolute Gasteiger partial charge is 0.369 e. The molecule has 0 fully saturated rings. The van der Waals surface area contributed by atoms with E-state index >= 15 is 0 Å². The summed E-state index contributed by atoms with van der Waals surface area (Å²) in [6.07, 6.45) is 3.60. The lowest BCUT2D eigenvalue weighted by Gasteiger charge is -2.10. The molecule has 0 unspecified atom stereocenters. The highest BCUT2D eigenvalue weighted by molar-refractivity contribution is 8.00. The van der Waals surface area contributed by atoms with Crippen LogP contribution in [0.25, 0.3) is 5.69 Å². The molecule has 2 rings (SSSR count). The molecule has 1 atom stereocenters. The maximum Gasteiger partial charge on any atom is 0.230 e. The van der Waals surface area contributed by atoms with E-state index in [-0.39, 0.29) is 11.2 Å². The molecule has 2 aromatic rings. The van der Waals surface area contributed by atoms with Gasteiger partial charge in [0.05, 0.1) is 5.25 Å². The molecular weight excluding hydrogens is 246 g/mol. The Bertz CT molecular complexity index is 565. The number of carbonyl (C=O) groups excluding carboxylic acids is 1. The number of thioether (sulfide) groups is 1. The number of benzene rings is 1. The number of rotatable bonds is 4. The smallest absolute Gasteiger partial charge is 0.230 e. The van der Waals surface area contributed by atoms with Crippen LogP contribution < -0.4 is 5.73 Å². The van der Waals surface area contributed by atoms with Gasteiger partial charge in [0, 0.05) is 18.1 Å². The van der Waals surface area contributed by atoms with E-state index in [0.29, 0.717) is 0 Å². The van der Waals surface area contributed by atoms with Gasteiger partial charge < -0.3 is 5.73 Å². The highest BCUT2D eigenvalue weighted by Gasteiger charge is 2.14. The lowest BCUT2D eigenvalue weighted by Crippen LogP contribution is -2.22. The van der Waals surface area contributed by atoms with E-state index in [9.17, 15) is 4.79 Å². The summed E-state index contributed by atoms with van der Waals surface area (Å²) in [6.45, 7) is 3.82. The lowest BCUT2D eigenvalue weighted by molar-refractivity contribution is -0.117. The van der Waals surface area contributed by atoms with Crippen molar-refractivity contribution in [1.82, 2.24) is 9.55 Å². The summed E-state index contributed by atoms with van der Waals surface area (Å²) in [5, 5.41) is 0.475. The highest BCUT2D eigenvalue weighted by Crippen LogP contribution is 2.24. The zero-order valence-electron chi connectivity index (χ0n) is 10.3. The molecule has 1 heterocycles. The van der Waals surface area contributed by atoms with Crippen LogP contribution in [0.2, 0.25) is 0 Å². The van der Waals surface area contributed by atoms with Crippen LogP contribution >= 0.6 is 11.8 Å². The monoisotopic (exact) mass is 261 g/mol. The average Bonchev–Trinajstić information content (AvgIpc) is 2.77. The van der Waals surface area contributed by atoms with Gasteiger partial charge in [-0.3, -0.25) is 9.36 Å². The zero-order chi connectivity index (χ0) is 13.1. The van der Waals surface area contributed by atoms with Gasteiger partial charge >= 0.3 is 0 Å². The maximum atomic E-state index is 11.1. The lowest BCUT2D eigenvalue weighted by atomic mass is 10.2. The van der Waals surface area contributed by atoms with Crippen molar-refractivity contribution in [1.29, 1.82) is 0 Å². The fourth-order valence-corrected chi connectivity index (χ4v) is 2.40. The van der Waals surface area contributed by atoms with Gasteiger partial charge in [-0.1, -0.05) is 23.9 Å². The number of hydrogen-bond acceptors (Lipinski definition) is 3. The van der Waals surface area contributed by atoms with Crippen LogP contribution in [0.4, 0.5) is 0 Å². The molecule has 1 aromatic carbocycles. The Morgan fingerprint density at radius 1 is 1.50 bits per heavy atom. The fraction of sp³-hybridized carbons (Fsp3) is 0.231. The first-order valence-electron chi connectivity index (χ1n) is 5.64. The molecule has 0 radical (unpaired) electrons. The molecule has 1 aromatic heterocycles. The van der Waals surface area contributed by atoms with Crippen molar-refractivity contribution in [2.45, 2.75) is 24.3 Å². The van der Waals surface area contributed by atoms with Crippen molar-refractivity contribution in [3.8, 4) is 5.69 Å².